The SMILES string of the molecule is COc1cc2c(cc1OC)[C@@]1(CN3CCC1CC3)OCC2. The van der Waals surface area contributed by atoms with Gasteiger partial charge >= 0.3 is 0 Å². The number of benzene rings is 1. The minimum atomic E-state index is -0.121. The first kappa shape index (κ1) is 13.4. The standard InChI is InChI=1S/C17H23NO3/c1-19-15-9-12-5-8-21-17(14(12)10-16(15)20-2)11-18-6-3-13(17)4-7-18/h9-10,13H,3-8,11H2,1-2H3/t17-/m0/s1. The lowest BCUT2D eigenvalue weighted by molar-refractivity contribution is -0.166. The van der Waals surface area contributed by atoms with Gasteiger partial charge in [0.25, 0.3) is 0 Å². The summed E-state index contributed by atoms with van der Waals surface area (Å²) in [5, 5.41) is 0. The summed E-state index contributed by atoms with van der Waals surface area (Å²) < 4.78 is 17.4. The third kappa shape index (κ3) is 1.89. The molecule has 114 valence electrons. The minimum absolute atomic E-state index is 0.121. The predicted molar refractivity (Wildman–Crippen MR) is 80.0 cm³/mol. The Hall–Kier alpha value is -1.26. The van der Waals surface area contributed by atoms with E-state index in [4.69, 9.17) is 14.2 Å². The normalized spacial score (nSPS) is 33.8. The van der Waals surface area contributed by atoms with Gasteiger partial charge in [-0.2, -0.15) is 0 Å². The van der Waals surface area contributed by atoms with Crippen molar-refractivity contribution >= 4 is 0 Å². The lowest BCUT2D eigenvalue weighted by Gasteiger charge is -2.55. The molecular weight excluding hydrogens is 266 g/mol. The van der Waals surface area contributed by atoms with Crippen LogP contribution in [-0.2, 0) is 16.8 Å². The van der Waals surface area contributed by atoms with Crippen molar-refractivity contribution in [1.82, 2.24) is 4.90 Å². The van der Waals surface area contributed by atoms with Crippen LogP contribution in [0.25, 0.3) is 0 Å². The van der Waals surface area contributed by atoms with Crippen LogP contribution >= 0.6 is 0 Å². The van der Waals surface area contributed by atoms with Crippen molar-refractivity contribution in [2.24, 2.45) is 5.92 Å². The van der Waals surface area contributed by atoms with E-state index in [1.54, 1.807) is 14.2 Å². The van der Waals surface area contributed by atoms with Crippen molar-refractivity contribution in [3.8, 4) is 11.5 Å². The van der Waals surface area contributed by atoms with Crippen LogP contribution in [0, 0.1) is 5.92 Å². The molecule has 1 aromatic carbocycles. The first-order valence-corrected chi connectivity index (χ1v) is 7.88. The maximum Gasteiger partial charge on any atom is 0.161 e. The molecule has 0 N–H and O–H groups in total. The molecule has 4 aliphatic heterocycles. The number of methoxy groups -OCH3 is 2. The van der Waals surface area contributed by atoms with E-state index >= 15 is 0 Å². The second-order valence-corrected chi connectivity index (χ2v) is 6.40. The Labute approximate surface area is 126 Å². The zero-order chi connectivity index (χ0) is 14.4. The summed E-state index contributed by atoms with van der Waals surface area (Å²) in [6, 6.07) is 4.31. The molecule has 1 aromatic rings. The molecule has 0 aromatic heterocycles. The van der Waals surface area contributed by atoms with Crippen LogP contribution in [0.15, 0.2) is 12.1 Å². The number of ether oxygens (including phenoxy) is 3. The zero-order valence-corrected chi connectivity index (χ0v) is 12.9. The lowest BCUT2D eigenvalue weighted by atomic mass is 9.69. The van der Waals surface area contributed by atoms with E-state index in [1.165, 1.54) is 37.1 Å². The second kappa shape index (κ2) is 4.89. The third-order valence-corrected chi connectivity index (χ3v) is 5.50. The van der Waals surface area contributed by atoms with Crippen molar-refractivity contribution in [2.45, 2.75) is 24.9 Å². The minimum Gasteiger partial charge on any atom is -0.493 e. The van der Waals surface area contributed by atoms with Gasteiger partial charge in [-0.1, -0.05) is 0 Å². The van der Waals surface area contributed by atoms with Crippen LogP contribution < -0.4 is 9.47 Å². The highest BCUT2D eigenvalue weighted by Gasteiger charge is 2.51. The van der Waals surface area contributed by atoms with E-state index in [-0.39, 0.29) is 5.60 Å². The average molecular weight is 289 g/mol. The summed E-state index contributed by atoms with van der Waals surface area (Å²) in [6.45, 7) is 4.28. The molecule has 2 bridgehead atoms. The molecule has 4 heteroatoms. The lowest BCUT2D eigenvalue weighted by Crippen LogP contribution is -2.59. The number of fused-ring (bicyclic) bond motifs is 3. The summed E-state index contributed by atoms with van der Waals surface area (Å²) >= 11 is 0. The molecule has 1 atom stereocenters. The molecule has 0 amide bonds. The highest BCUT2D eigenvalue weighted by molar-refractivity contribution is 5.51. The van der Waals surface area contributed by atoms with Gasteiger partial charge in [0.2, 0.25) is 0 Å². The molecule has 21 heavy (non-hydrogen) atoms. The van der Waals surface area contributed by atoms with Gasteiger partial charge in [-0.25, -0.2) is 0 Å². The van der Waals surface area contributed by atoms with E-state index in [9.17, 15) is 0 Å². The molecule has 4 heterocycles. The topological polar surface area (TPSA) is 30.9 Å². The zero-order valence-electron chi connectivity index (χ0n) is 12.9. The number of nitrogens with zero attached hydrogens (tertiary/aromatic N) is 1. The van der Waals surface area contributed by atoms with Crippen molar-refractivity contribution < 1.29 is 14.2 Å². The summed E-state index contributed by atoms with van der Waals surface area (Å²) in [4.78, 5) is 2.55. The summed E-state index contributed by atoms with van der Waals surface area (Å²) in [6.07, 6.45) is 3.45. The van der Waals surface area contributed by atoms with Gasteiger partial charge < -0.3 is 19.1 Å². The molecule has 3 saturated heterocycles. The van der Waals surface area contributed by atoms with E-state index in [2.05, 4.69) is 17.0 Å². The average Bonchev–Trinajstić information content (AvgIpc) is 2.55. The predicted octanol–water partition coefficient (Wildman–Crippen LogP) is 2.20. The molecule has 4 aliphatic rings. The first-order chi connectivity index (χ1) is 10.3. The van der Waals surface area contributed by atoms with Crippen LogP contribution in [-0.4, -0.2) is 45.4 Å². The fraction of sp³-hybridized carbons (Fsp3) is 0.647. The van der Waals surface area contributed by atoms with Crippen molar-refractivity contribution in [1.29, 1.82) is 0 Å². The Morgan fingerprint density at radius 1 is 1.14 bits per heavy atom. The van der Waals surface area contributed by atoms with Gasteiger partial charge in [-0.3, -0.25) is 0 Å². The van der Waals surface area contributed by atoms with Crippen LogP contribution in [0.1, 0.15) is 24.0 Å². The van der Waals surface area contributed by atoms with Gasteiger partial charge in [0.15, 0.2) is 11.5 Å². The molecule has 0 radical (unpaired) electrons. The number of rotatable bonds is 2. The second-order valence-electron chi connectivity index (χ2n) is 6.40. The highest BCUT2D eigenvalue weighted by atomic mass is 16.5. The summed E-state index contributed by atoms with van der Waals surface area (Å²) in [7, 11) is 3.41. The Balaban J connectivity index is 1.84. The molecule has 4 nitrogen and oxygen atoms in total. The molecule has 0 saturated carbocycles. The van der Waals surface area contributed by atoms with E-state index in [0.29, 0.717) is 5.92 Å². The molecular formula is C17H23NO3. The fourth-order valence-corrected chi connectivity index (χ4v) is 4.43. The Bertz CT molecular complexity index is 551. The smallest absolute Gasteiger partial charge is 0.161 e. The van der Waals surface area contributed by atoms with Gasteiger partial charge in [0.05, 0.1) is 20.8 Å². The van der Waals surface area contributed by atoms with Gasteiger partial charge in [0.1, 0.15) is 5.60 Å². The van der Waals surface area contributed by atoms with Crippen molar-refractivity contribution in [2.75, 3.05) is 40.5 Å². The van der Waals surface area contributed by atoms with Gasteiger partial charge in [-0.05, 0) is 61.5 Å². The van der Waals surface area contributed by atoms with E-state index in [0.717, 1.165) is 31.1 Å². The Morgan fingerprint density at radius 3 is 2.48 bits per heavy atom. The Morgan fingerprint density at radius 2 is 1.86 bits per heavy atom. The highest BCUT2D eigenvalue weighted by Crippen LogP contribution is 2.50. The monoisotopic (exact) mass is 289 g/mol. The molecule has 1 spiro atoms. The number of piperidine rings is 3. The molecule has 5 rings (SSSR count). The molecule has 3 fully saturated rings. The van der Waals surface area contributed by atoms with E-state index < -0.39 is 0 Å². The largest absolute Gasteiger partial charge is 0.493 e. The van der Waals surface area contributed by atoms with Gasteiger partial charge in [0, 0.05) is 6.54 Å². The van der Waals surface area contributed by atoms with Crippen LogP contribution in [0.3, 0.4) is 0 Å². The summed E-state index contributed by atoms with van der Waals surface area (Å²) in [5.41, 5.74) is 2.58. The van der Waals surface area contributed by atoms with Crippen LogP contribution in [0.5, 0.6) is 11.5 Å². The summed E-state index contributed by atoms with van der Waals surface area (Å²) in [5.74, 6) is 2.28. The Kier molecular flexibility index (Phi) is 3.12. The number of hydrogen-bond donors (Lipinski definition) is 0. The van der Waals surface area contributed by atoms with E-state index in [1.807, 2.05) is 0 Å². The van der Waals surface area contributed by atoms with Crippen molar-refractivity contribution in [3.63, 3.8) is 0 Å². The molecule has 0 aliphatic carbocycles. The quantitative estimate of drug-likeness (QED) is 0.835. The number of hydrogen-bond acceptors (Lipinski definition) is 4. The fourth-order valence-electron chi connectivity index (χ4n) is 4.43. The van der Waals surface area contributed by atoms with Crippen LogP contribution in [0.4, 0.5) is 0 Å². The van der Waals surface area contributed by atoms with Crippen molar-refractivity contribution in [3.05, 3.63) is 23.3 Å². The maximum atomic E-state index is 6.40. The van der Waals surface area contributed by atoms with Gasteiger partial charge in [-0.15, -0.1) is 0 Å². The molecule has 0 unspecified atom stereocenters. The third-order valence-electron chi connectivity index (χ3n) is 5.50. The first-order valence-electron chi connectivity index (χ1n) is 7.88. The van der Waals surface area contributed by atoms with Crippen LogP contribution in [0.2, 0.25) is 0 Å². The maximum absolute atomic E-state index is 6.40.